The molecule has 0 radical (unpaired) electrons. The first-order valence-electron chi connectivity index (χ1n) is 9.79. The van der Waals surface area contributed by atoms with E-state index in [2.05, 4.69) is 0 Å². The van der Waals surface area contributed by atoms with E-state index in [4.69, 9.17) is 9.84 Å². The Labute approximate surface area is 179 Å². The summed E-state index contributed by atoms with van der Waals surface area (Å²) in [6, 6.07) is 12.1. The van der Waals surface area contributed by atoms with Crippen molar-refractivity contribution in [3.8, 4) is 5.75 Å². The molecule has 2 aromatic carbocycles. The van der Waals surface area contributed by atoms with Gasteiger partial charge in [-0.1, -0.05) is 32.0 Å². The fraction of sp³-hybridized carbons (Fsp3) is 0.409. The predicted octanol–water partition coefficient (Wildman–Crippen LogP) is 5.00. The predicted molar refractivity (Wildman–Crippen MR) is 111 cm³/mol. The van der Waals surface area contributed by atoms with Crippen LogP contribution < -0.4 is 4.74 Å². The topological polar surface area (TPSA) is 49.8 Å². The molecule has 1 heterocycles. The number of nitrogens with zero attached hydrogens (tertiary/aromatic N) is 1. The van der Waals surface area contributed by atoms with Crippen LogP contribution in [-0.2, 0) is 17.6 Å². The summed E-state index contributed by atoms with van der Waals surface area (Å²) in [5.41, 5.74) is 0.0942. The van der Waals surface area contributed by atoms with Gasteiger partial charge in [-0.15, -0.1) is 11.8 Å². The lowest BCUT2D eigenvalue weighted by Gasteiger charge is -2.17. The smallest absolute Gasteiger partial charge is 0.416 e. The second kappa shape index (κ2) is 11.3. The number of thioether (sulfide) groups is 1. The Morgan fingerprint density at radius 2 is 1.90 bits per heavy atom. The van der Waals surface area contributed by atoms with Gasteiger partial charge in [-0.25, -0.2) is 0 Å². The van der Waals surface area contributed by atoms with E-state index in [1.165, 1.54) is 17.8 Å². The highest BCUT2D eigenvalue weighted by Crippen LogP contribution is 2.35. The number of rotatable bonds is 6. The molecule has 1 amide bonds. The first-order valence-corrected chi connectivity index (χ1v) is 10.7. The van der Waals surface area contributed by atoms with E-state index in [1.807, 2.05) is 13.8 Å². The highest BCUT2D eigenvalue weighted by molar-refractivity contribution is 8.00. The summed E-state index contributed by atoms with van der Waals surface area (Å²) in [7, 11) is 0. The first-order chi connectivity index (χ1) is 14.3. The summed E-state index contributed by atoms with van der Waals surface area (Å²) in [5, 5.41) is 9.07. The van der Waals surface area contributed by atoms with Crippen molar-refractivity contribution in [2.24, 2.45) is 0 Å². The van der Waals surface area contributed by atoms with Gasteiger partial charge in [0.1, 0.15) is 5.75 Å². The number of amides is 1. The number of hydrogen-bond donors (Lipinski definition) is 1. The Balaban J connectivity index is 0.00000155. The van der Waals surface area contributed by atoms with E-state index >= 15 is 0 Å². The summed E-state index contributed by atoms with van der Waals surface area (Å²) in [5.74, 6) is 0.387. The number of halogens is 3. The molecule has 1 atom stereocenters. The molecule has 1 N–H and O–H groups in total. The van der Waals surface area contributed by atoms with Gasteiger partial charge in [0, 0.05) is 23.2 Å². The number of carbonyl (C=O) groups excluding carboxylic acids is 1. The summed E-state index contributed by atoms with van der Waals surface area (Å²) < 4.78 is 44.0. The molecule has 4 nitrogen and oxygen atoms in total. The highest BCUT2D eigenvalue weighted by atomic mass is 32.2. The van der Waals surface area contributed by atoms with Crippen molar-refractivity contribution < 1.29 is 27.8 Å². The summed E-state index contributed by atoms with van der Waals surface area (Å²) >= 11 is 1.36. The maximum absolute atomic E-state index is 12.8. The second-order valence-corrected chi connectivity index (χ2v) is 7.86. The third kappa shape index (κ3) is 6.95. The molecule has 1 aliphatic heterocycles. The molecule has 1 aliphatic rings. The standard InChI is InChI=1S/C20H20F3NO3S.C2H6/c21-20(22,23)15-2-1-3-17(10-15)28-18-8-9-24(11-18)19(26)13-27-16-6-4-14(12-25)5-7-16;1-2/h1-7,10,18,25H,8-9,11-13H2;1-2H3. The van der Waals surface area contributed by atoms with Crippen LogP contribution in [0.5, 0.6) is 5.75 Å². The zero-order chi connectivity index (χ0) is 22.1. The van der Waals surface area contributed by atoms with Crippen molar-refractivity contribution in [3.63, 3.8) is 0 Å². The Morgan fingerprint density at radius 3 is 2.53 bits per heavy atom. The Kier molecular flexibility index (Phi) is 9.05. The molecule has 0 aliphatic carbocycles. The van der Waals surface area contributed by atoms with E-state index in [9.17, 15) is 18.0 Å². The van der Waals surface area contributed by atoms with E-state index in [0.29, 0.717) is 23.7 Å². The van der Waals surface area contributed by atoms with Crippen LogP contribution in [0.15, 0.2) is 53.4 Å². The normalized spacial score (nSPS) is 16.1. The van der Waals surface area contributed by atoms with Crippen LogP contribution >= 0.6 is 11.8 Å². The molecule has 1 fully saturated rings. The number of carbonyl (C=O) groups is 1. The molecule has 0 spiro atoms. The fourth-order valence-corrected chi connectivity index (χ4v) is 4.13. The zero-order valence-electron chi connectivity index (χ0n) is 17.0. The highest BCUT2D eigenvalue weighted by Gasteiger charge is 2.31. The number of likely N-dealkylation sites (tertiary alicyclic amines) is 1. The van der Waals surface area contributed by atoms with Gasteiger partial charge in [-0.05, 0) is 42.3 Å². The molecule has 2 aromatic rings. The van der Waals surface area contributed by atoms with Gasteiger partial charge in [-0.2, -0.15) is 13.2 Å². The minimum absolute atomic E-state index is 0.0521. The monoisotopic (exact) mass is 441 g/mol. The van der Waals surface area contributed by atoms with E-state index in [-0.39, 0.29) is 24.4 Å². The number of aliphatic hydroxyl groups excluding tert-OH is 1. The van der Waals surface area contributed by atoms with Gasteiger partial charge in [0.2, 0.25) is 0 Å². The lowest BCUT2D eigenvalue weighted by atomic mass is 10.2. The van der Waals surface area contributed by atoms with Crippen molar-refractivity contribution in [3.05, 3.63) is 59.7 Å². The Bertz CT molecular complexity index is 812. The first kappa shape index (κ1) is 24.1. The molecule has 0 saturated carbocycles. The number of alkyl halides is 3. The van der Waals surface area contributed by atoms with Gasteiger partial charge in [0.15, 0.2) is 6.61 Å². The molecule has 8 heteroatoms. The fourth-order valence-electron chi connectivity index (χ4n) is 2.92. The number of aliphatic hydroxyl groups is 1. The molecule has 1 saturated heterocycles. The largest absolute Gasteiger partial charge is 0.484 e. The molecule has 30 heavy (non-hydrogen) atoms. The third-order valence-corrected chi connectivity index (χ3v) is 5.67. The molecular formula is C22H26F3NO3S. The molecule has 3 rings (SSSR count). The van der Waals surface area contributed by atoms with Crippen LogP contribution in [0.4, 0.5) is 13.2 Å². The summed E-state index contributed by atoms with van der Waals surface area (Å²) in [6.45, 7) is 4.88. The Morgan fingerprint density at radius 1 is 1.20 bits per heavy atom. The third-order valence-electron chi connectivity index (χ3n) is 4.43. The van der Waals surface area contributed by atoms with E-state index in [0.717, 1.165) is 24.1 Å². The zero-order valence-corrected chi connectivity index (χ0v) is 17.8. The van der Waals surface area contributed by atoms with Crippen LogP contribution in [0.1, 0.15) is 31.4 Å². The van der Waals surface area contributed by atoms with Crippen LogP contribution in [-0.4, -0.2) is 40.9 Å². The molecule has 0 bridgehead atoms. The van der Waals surface area contributed by atoms with Gasteiger partial charge in [0.25, 0.3) is 5.91 Å². The molecule has 1 unspecified atom stereocenters. The van der Waals surface area contributed by atoms with Gasteiger partial charge >= 0.3 is 6.18 Å². The van der Waals surface area contributed by atoms with Crippen molar-refractivity contribution in [2.75, 3.05) is 19.7 Å². The maximum atomic E-state index is 12.8. The summed E-state index contributed by atoms with van der Waals surface area (Å²) in [6.07, 6.45) is -3.64. The number of ether oxygens (including phenoxy) is 1. The minimum atomic E-state index is -4.36. The number of hydrogen-bond acceptors (Lipinski definition) is 4. The molecule has 0 aromatic heterocycles. The molecule has 164 valence electrons. The second-order valence-electron chi connectivity index (χ2n) is 6.48. The average Bonchev–Trinajstić information content (AvgIpc) is 3.22. The van der Waals surface area contributed by atoms with Crippen molar-refractivity contribution >= 4 is 17.7 Å². The maximum Gasteiger partial charge on any atom is 0.416 e. The minimum Gasteiger partial charge on any atom is -0.484 e. The van der Waals surface area contributed by atoms with Crippen molar-refractivity contribution in [1.29, 1.82) is 0 Å². The van der Waals surface area contributed by atoms with Crippen LogP contribution in [0, 0.1) is 0 Å². The lowest BCUT2D eigenvalue weighted by Crippen LogP contribution is -2.33. The van der Waals surface area contributed by atoms with Crippen LogP contribution in [0.3, 0.4) is 0 Å². The Hall–Kier alpha value is -2.19. The van der Waals surface area contributed by atoms with Crippen LogP contribution in [0.2, 0.25) is 0 Å². The van der Waals surface area contributed by atoms with E-state index < -0.39 is 11.7 Å². The van der Waals surface area contributed by atoms with Gasteiger partial charge < -0.3 is 14.7 Å². The quantitative estimate of drug-likeness (QED) is 0.686. The molecular weight excluding hydrogens is 415 g/mol. The van der Waals surface area contributed by atoms with Gasteiger partial charge in [0.05, 0.1) is 12.2 Å². The number of benzene rings is 2. The van der Waals surface area contributed by atoms with Crippen LogP contribution in [0.25, 0.3) is 0 Å². The average molecular weight is 442 g/mol. The lowest BCUT2D eigenvalue weighted by molar-refractivity contribution is -0.137. The van der Waals surface area contributed by atoms with E-state index in [1.54, 1.807) is 35.2 Å². The van der Waals surface area contributed by atoms with Crippen molar-refractivity contribution in [1.82, 2.24) is 4.90 Å². The van der Waals surface area contributed by atoms with Gasteiger partial charge in [-0.3, -0.25) is 4.79 Å². The van der Waals surface area contributed by atoms with Crippen molar-refractivity contribution in [2.45, 2.75) is 43.2 Å². The SMILES string of the molecule is CC.O=C(COc1ccc(CO)cc1)N1CCC(Sc2cccc(C(F)(F)F)c2)C1. The summed E-state index contributed by atoms with van der Waals surface area (Å²) in [4.78, 5) is 14.6.